The highest BCUT2D eigenvalue weighted by Gasteiger charge is 2.21. The van der Waals surface area contributed by atoms with Crippen LogP contribution in [0.3, 0.4) is 0 Å². The lowest BCUT2D eigenvalue weighted by Gasteiger charge is -2.24. The summed E-state index contributed by atoms with van der Waals surface area (Å²) in [6, 6.07) is 0. The van der Waals surface area contributed by atoms with Gasteiger partial charge in [-0.25, -0.2) is 0 Å². The predicted molar refractivity (Wildman–Crippen MR) is 98.6 cm³/mol. The van der Waals surface area contributed by atoms with Gasteiger partial charge in [0.2, 0.25) is 0 Å². The Hall–Kier alpha value is -1.96. The predicted octanol–water partition coefficient (Wildman–Crippen LogP) is 4.99. The molecule has 118 valence electrons. The van der Waals surface area contributed by atoms with Gasteiger partial charge in [0.05, 0.1) is 0 Å². The molecule has 22 heavy (non-hydrogen) atoms. The highest BCUT2D eigenvalue weighted by atomic mass is 14.6. The van der Waals surface area contributed by atoms with E-state index in [9.17, 15) is 0 Å². The summed E-state index contributed by atoms with van der Waals surface area (Å²) in [5, 5.41) is 0. The third-order valence-electron chi connectivity index (χ3n) is 5.72. The first-order valence-corrected chi connectivity index (χ1v) is 7.83. The lowest BCUT2D eigenvalue weighted by molar-refractivity contribution is 1.20. The monoisotopic (exact) mass is 296 g/mol. The highest BCUT2D eigenvalue weighted by molar-refractivity contribution is 5.93. The summed E-state index contributed by atoms with van der Waals surface area (Å²) in [4.78, 5) is 0. The van der Waals surface area contributed by atoms with Crippen LogP contribution in [0.15, 0.2) is 0 Å². The van der Waals surface area contributed by atoms with Crippen LogP contribution >= 0.6 is 0 Å². The lowest BCUT2D eigenvalue weighted by Crippen LogP contribution is -2.08. The van der Waals surface area contributed by atoms with Gasteiger partial charge in [0.15, 0.2) is 0 Å². The molecule has 0 saturated heterocycles. The van der Waals surface area contributed by atoms with Crippen molar-refractivity contribution in [3.8, 4) is 11.1 Å². The van der Waals surface area contributed by atoms with E-state index in [-0.39, 0.29) is 0 Å². The van der Waals surface area contributed by atoms with Gasteiger partial charge in [-0.3, -0.25) is 0 Å². The van der Waals surface area contributed by atoms with Gasteiger partial charge in [-0.05, 0) is 99.9 Å². The molecule has 2 aromatic rings. The molecule has 0 aliphatic heterocycles. The number of nitrogen functional groups attached to an aromatic ring is 2. The van der Waals surface area contributed by atoms with Crippen molar-refractivity contribution in [2.75, 3.05) is 11.5 Å². The molecule has 2 rings (SSSR count). The Morgan fingerprint density at radius 1 is 0.364 bits per heavy atom. The van der Waals surface area contributed by atoms with Gasteiger partial charge in [-0.1, -0.05) is 0 Å². The molecule has 0 fully saturated rings. The molecule has 0 heterocycles. The van der Waals surface area contributed by atoms with Crippen molar-refractivity contribution in [1.82, 2.24) is 0 Å². The zero-order chi connectivity index (χ0) is 16.9. The number of nitrogens with two attached hydrogens (primary N) is 2. The van der Waals surface area contributed by atoms with Crippen molar-refractivity contribution in [2.45, 2.75) is 55.4 Å². The van der Waals surface area contributed by atoms with E-state index >= 15 is 0 Å². The van der Waals surface area contributed by atoms with Crippen LogP contribution in [0, 0.1) is 55.4 Å². The second-order valence-electron chi connectivity index (χ2n) is 6.58. The normalized spacial score (nSPS) is 11.1. The first-order chi connectivity index (χ1) is 10.1. The van der Waals surface area contributed by atoms with Gasteiger partial charge < -0.3 is 11.5 Å². The van der Waals surface area contributed by atoms with E-state index in [1.54, 1.807) is 0 Å². The summed E-state index contributed by atoms with van der Waals surface area (Å²) in [6.45, 7) is 17.1. The first-order valence-electron chi connectivity index (χ1n) is 7.83. The molecule has 0 aromatic heterocycles. The van der Waals surface area contributed by atoms with Crippen molar-refractivity contribution in [3.63, 3.8) is 0 Å². The molecule has 0 aliphatic rings. The fourth-order valence-corrected chi connectivity index (χ4v) is 3.33. The van der Waals surface area contributed by atoms with Crippen molar-refractivity contribution < 1.29 is 0 Å². The second-order valence-corrected chi connectivity index (χ2v) is 6.58. The topological polar surface area (TPSA) is 52.0 Å². The molecule has 0 radical (unpaired) electrons. The molecular weight excluding hydrogens is 268 g/mol. The van der Waals surface area contributed by atoms with E-state index in [2.05, 4.69) is 55.4 Å². The minimum absolute atomic E-state index is 0.859. The number of rotatable bonds is 1. The Bertz CT molecular complexity index is 658. The molecule has 4 N–H and O–H groups in total. The standard InChI is InChI=1S/C20H28N2/c1-9-11(3)15(7)19(21)17(13(9)5)18-14(6)10(2)12(4)16(8)20(18)22/h21-22H2,1-8H3. The molecule has 0 unspecified atom stereocenters. The zero-order valence-corrected chi connectivity index (χ0v) is 15.2. The highest BCUT2D eigenvalue weighted by Crippen LogP contribution is 2.43. The van der Waals surface area contributed by atoms with Gasteiger partial charge in [0.25, 0.3) is 0 Å². The summed E-state index contributed by atoms with van der Waals surface area (Å²) in [5.41, 5.74) is 26.9. The molecular formula is C20H28N2. The molecule has 0 bridgehead atoms. The van der Waals surface area contributed by atoms with E-state index in [0.717, 1.165) is 33.6 Å². The number of hydrogen-bond donors (Lipinski definition) is 2. The van der Waals surface area contributed by atoms with Crippen molar-refractivity contribution in [1.29, 1.82) is 0 Å². The van der Waals surface area contributed by atoms with Crippen LogP contribution in [-0.4, -0.2) is 0 Å². The van der Waals surface area contributed by atoms with Crippen LogP contribution in [0.1, 0.15) is 44.5 Å². The molecule has 2 aromatic carbocycles. The summed E-state index contributed by atoms with van der Waals surface area (Å²) < 4.78 is 0. The zero-order valence-electron chi connectivity index (χ0n) is 15.2. The lowest BCUT2D eigenvalue weighted by atomic mass is 9.83. The van der Waals surface area contributed by atoms with Gasteiger partial charge in [0.1, 0.15) is 0 Å². The van der Waals surface area contributed by atoms with E-state index in [1.165, 1.54) is 33.4 Å². The SMILES string of the molecule is Cc1c(C)c(C)c(-c2c(C)c(C)c(C)c(C)c2N)c(N)c1C. The summed E-state index contributed by atoms with van der Waals surface area (Å²) in [5.74, 6) is 0. The van der Waals surface area contributed by atoms with E-state index in [4.69, 9.17) is 11.5 Å². The maximum atomic E-state index is 6.51. The molecule has 0 aliphatic carbocycles. The maximum Gasteiger partial charge on any atom is 0.0429 e. The summed E-state index contributed by atoms with van der Waals surface area (Å²) in [6.07, 6.45) is 0. The van der Waals surface area contributed by atoms with Crippen molar-refractivity contribution in [3.05, 3.63) is 44.5 Å². The van der Waals surface area contributed by atoms with E-state index in [1.807, 2.05) is 0 Å². The van der Waals surface area contributed by atoms with Gasteiger partial charge >= 0.3 is 0 Å². The summed E-state index contributed by atoms with van der Waals surface area (Å²) >= 11 is 0. The Kier molecular flexibility index (Phi) is 3.99. The van der Waals surface area contributed by atoms with Crippen LogP contribution in [0.4, 0.5) is 11.4 Å². The first kappa shape index (κ1) is 16.4. The molecule has 2 nitrogen and oxygen atoms in total. The number of anilines is 2. The molecule has 0 amide bonds. The van der Waals surface area contributed by atoms with Crippen LogP contribution in [0.25, 0.3) is 11.1 Å². The molecule has 0 atom stereocenters. The van der Waals surface area contributed by atoms with Crippen LogP contribution in [-0.2, 0) is 0 Å². The minimum atomic E-state index is 0.859. The second kappa shape index (κ2) is 5.35. The smallest absolute Gasteiger partial charge is 0.0429 e. The quantitative estimate of drug-likeness (QED) is 0.729. The van der Waals surface area contributed by atoms with Crippen molar-refractivity contribution >= 4 is 11.4 Å². The van der Waals surface area contributed by atoms with Crippen LogP contribution in [0.2, 0.25) is 0 Å². The Morgan fingerprint density at radius 2 is 0.591 bits per heavy atom. The van der Waals surface area contributed by atoms with Gasteiger partial charge in [-0.2, -0.15) is 0 Å². The molecule has 0 saturated carbocycles. The molecule has 2 heteroatoms. The Labute approximate surface area is 134 Å². The average Bonchev–Trinajstić information content (AvgIpc) is 2.50. The van der Waals surface area contributed by atoms with Crippen molar-refractivity contribution in [2.24, 2.45) is 0 Å². The maximum absolute atomic E-state index is 6.51. The number of benzene rings is 2. The Morgan fingerprint density at radius 3 is 0.864 bits per heavy atom. The third-order valence-corrected chi connectivity index (χ3v) is 5.72. The largest absolute Gasteiger partial charge is 0.398 e. The van der Waals surface area contributed by atoms with Gasteiger partial charge in [-0.15, -0.1) is 0 Å². The summed E-state index contributed by atoms with van der Waals surface area (Å²) in [7, 11) is 0. The number of hydrogen-bond acceptors (Lipinski definition) is 2. The molecule has 0 spiro atoms. The minimum Gasteiger partial charge on any atom is -0.398 e. The average molecular weight is 296 g/mol. The fourth-order valence-electron chi connectivity index (χ4n) is 3.33. The fraction of sp³-hybridized carbons (Fsp3) is 0.400. The van der Waals surface area contributed by atoms with Gasteiger partial charge in [0, 0.05) is 22.5 Å². The van der Waals surface area contributed by atoms with Crippen LogP contribution < -0.4 is 11.5 Å². The Balaban J connectivity index is 3.03. The van der Waals surface area contributed by atoms with E-state index < -0.39 is 0 Å². The van der Waals surface area contributed by atoms with E-state index in [0.29, 0.717) is 0 Å². The van der Waals surface area contributed by atoms with Crippen LogP contribution in [0.5, 0.6) is 0 Å². The third kappa shape index (κ3) is 2.09.